The van der Waals surface area contributed by atoms with E-state index in [4.69, 9.17) is 10.2 Å². The summed E-state index contributed by atoms with van der Waals surface area (Å²) in [6.45, 7) is 6.56. The van der Waals surface area contributed by atoms with Gasteiger partial charge in [-0.25, -0.2) is 9.97 Å². The number of rotatable bonds is 9. The zero-order chi connectivity index (χ0) is 34.0. The van der Waals surface area contributed by atoms with Crippen LogP contribution >= 0.6 is 0 Å². The van der Waals surface area contributed by atoms with Crippen molar-refractivity contribution < 1.29 is 9.59 Å². The number of hydrogen-bond donors (Lipinski definition) is 2. The number of pyridine rings is 1. The molecule has 0 spiro atoms. The lowest BCUT2D eigenvalue weighted by molar-refractivity contribution is -0.117. The van der Waals surface area contributed by atoms with Crippen molar-refractivity contribution in [1.82, 2.24) is 39.2 Å². The molecule has 2 N–H and O–H groups in total. The van der Waals surface area contributed by atoms with E-state index in [2.05, 4.69) is 67.3 Å². The van der Waals surface area contributed by atoms with Crippen molar-refractivity contribution in [2.45, 2.75) is 51.7 Å². The molecule has 1 aromatic carbocycles. The Morgan fingerprint density at radius 3 is 2.57 bits per heavy atom. The highest BCUT2D eigenvalue weighted by Crippen LogP contribution is 2.50. The number of carbonyl (C=O) groups excluding carboxylic acids is 2. The third kappa shape index (κ3) is 5.57. The predicted molar refractivity (Wildman–Crippen MR) is 188 cm³/mol. The van der Waals surface area contributed by atoms with Gasteiger partial charge >= 0.3 is 0 Å². The zero-order valence-corrected chi connectivity index (χ0v) is 28.5. The molecular weight excluding hydrogens is 618 g/mol. The highest BCUT2D eigenvalue weighted by molar-refractivity contribution is 5.95. The lowest BCUT2D eigenvalue weighted by Gasteiger charge is -2.43. The van der Waals surface area contributed by atoms with E-state index in [0.717, 1.165) is 72.1 Å². The third-order valence-electron chi connectivity index (χ3n) is 9.80. The van der Waals surface area contributed by atoms with Gasteiger partial charge in [-0.15, -0.1) is 0 Å². The minimum absolute atomic E-state index is 0.0168. The van der Waals surface area contributed by atoms with Crippen molar-refractivity contribution in [3.63, 3.8) is 0 Å². The van der Waals surface area contributed by atoms with Gasteiger partial charge in [-0.2, -0.15) is 14.7 Å². The van der Waals surface area contributed by atoms with Gasteiger partial charge in [-0.05, 0) is 44.4 Å². The van der Waals surface area contributed by atoms with Gasteiger partial charge < -0.3 is 20.4 Å². The number of anilines is 4. The first-order valence-corrected chi connectivity index (χ1v) is 17.0. The number of fused-ring (bicyclic) bond motifs is 4. The van der Waals surface area contributed by atoms with Crippen LogP contribution in [0.4, 0.5) is 23.0 Å². The van der Waals surface area contributed by atoms with E-state index in [1.54, 1.807) is 29.6 Å². The number of benzene rings is 1. The average molecular weight is 660 g/mol. The summed E-state index contributed by atoms with van der Waals surface area (Å²) in [5.74, 6) is 1.24. The lowest BCUT2D eigenvalue weighted by atomic mass is 9.91. The average Bonchev–Trinajstić information content (AvgIpc) is 3.73. The normalized spacial score (nSPS) is 17.4. The van der Waals surface area contributed by atoms with Crippen LogP contribution in [-0.2, 0) is 11.3 Å². The SMILES string of the molecule is CCC1c2c(cnn2C2CN(Cc3cccc(C(=O)N(C)C)n3)C2)-c2cccc(Nc3cc(NC(=O)C4CC4)nc4cc(C)nn34)c2N1C. The van der Waals surface area contributed by atoms with Crippen molar-refractivity contribution in [3.05, 3.63) is 77.5 Å². The molecule has 1 aliphatic carbocycles. The second-order valence-corrected chi connectivity index (χ2v) is 13.7. The summed E-state index contributed by atoms with van der Waals surface area (Å²) in [5.41, 5.74) is 8.39. The second kappa shape index (κ2) is 12.0. The second-order valence-electron chi connectivity index (χ2n) is 13.7. The highest BCUT2D eigenvalue weighted by atomic mass is 16.2. The summed E-state index contributed by atoms with van der Waals surface area (Å²) in [6, 6.07) is 16.1. The fourth-order valence-electron chi connectivity index (χ4n) is 7.18. The van der Waals surface area contributed by atoms with Gasteiger partial charge in [-0.3, -0.25) is 19.2 Å². The van der Waals surface area contributed by atoms with Gasteiger partial charge in [0.25, 0.3) is 5.91 Å². The van der Waals surface area contributed by atoms with Crippen molar-refractivity contribution in [3.8, 4) is 11.1 Å². The molecular formula is C36H41N11O2. The summed E-state index contributed by atoms with van der Waals surface area (Å²) in [5, 5.41) is 16.3. The molecule has 5 aromatic rings. The molecule has 1 unspecified atom stereocenters. The molecule has 252 valence electrons. The number of amides is 2. The van der Waals surface area contributed by atoms with Gasteiger partial charge in [0.15, 0.2) is 5.65 Å². The van der Waals surface area contributed by atoms with Crippen LogP contribution in [0.25, 0.3) is 16.8 Å². The quantitative estimate of drug-likeness (QED) is 0.223. The molecule has 2 fully saturated rings. The molecule has 2 aliphatic heterocycles. The molecule has 8 rings (SSSR count). The van der Waals surface area contributed by atoms with E-state index >= 15 is 0 Å². The molecule has 0 radical (unpaired) electrons. The number of nitrogens with one attached hydrogen (secondary N) is 2. The first-order valence-electron chi connectivity index (χ1n) is 17.0. The Hall–Kier alpha value is -5.30. The number of aryl methyl sites for hydroxylation is 1. The molecule has 1 atom stereocenters. The van der Waals surface area contributed by atoms with E-state index in [0.29, 0.717) is 23.7 Å². The van der Waals surface area contributed by atoms with Crippen molar-refractivity contribution in [1.29, 1.82) is 0 Å². The van der Waals surface area contributed by atoms with Gasteiger partial charge in [0.05, 0.1) is 46.7 Å². The number of nitrogens with zero attached hydrogens (tertiary/aromatic N) is 9. The number of para-hydroxylation sites is 1. The Bertz CT molecular complexity index is 2090. The van der Waals surface area contributed by atoms with E-state index < -0.39 is 0 Å². The largest absolute Gasteiger partial charge is 0.364 e. The van der Waals surface area contributed by atoms with Crippen LogP contribution in [0.1, 0.15) is 65.8 Å². The molecule has 4 aromatic heterocycles. The van der Waals surface area contributed by atoms with Crippen molar-refractivity contribution >= 4 is 40.5 Å². The predicted octanol–water partition coefficient (Wildman–Crippen LogP) is 5.05. The minimum Gasteiger partial charge on any atom is -0.364 e. The smallest absolute Gasteiger partial charge is 0.271 e. The molecule has 13 nitrogen and oxygen atoms in total. The lowest BCUT2D eigenvalue weighted by Crippen LogP contribution is -2.48. The Kier molecular flexibility index (Phi) is 7.58. The maximum absolute atomic E-state index is 12.6. The van der Waals surface area contributed by atoms with Gasteiger partial charge in [0.1, 0.15) is 17.3 Å². The van der Waals surface area contributed by atoms with Crippen LogP contribution < -0.4 is 15.5 Å². The first-order chi connectivity index (χ1) is 23.7. The standard InChI is InChI=1S/C36H41N11O2/c1-6-29-34-26(17-37-46(34)24-19-45(20-24)18-23-9-7-12-28(38-23)36(49)43(3)4)25-10-8-11-27(33(25)44(29)5)39-32-16-30(41-35(48)22-13-14-22)40-31-15-21(2)42-47(31)32/h7-12,15-17,22,24,29,39H,6,13-14,18-20H2,1-5H3,(H,40,41,48). The molecule has 49 heavy (non-hydrogen) atoms. The Labute approximate surface area is 284 Å². The van der Waals surface area contributed by atoms with E-state index in [9.17, 15) is 9.59 Å². The highest BCUT2D eigenvalue weighted by Gasteiger charge is 2.38. The monoisotopic (exact) mass is 659 g/mol. The fourth-order valence-corrected chi connectivity index (χ4v) is 7.18. The molecule has 6 heterocycles. The third-order valence-corrected chi connectivity index (χ3v) is 9.80. The number of hydrogen-bond acceptors (Lipinski definition) is 9. The zero-order valence-electron chi connectivity index (χ0n) is 28.5. The summed E-state index contributed by atoms with van der Waals surface area (Å²) in [7, 11) is 5.64. The number of carbonyl (C=O) groups is 2. The Morgan fingerprint density at radius 2 is 1.82 bits per heavy atom. The summed E-state index contributed by atoms with van der Waals surface area (Å²) < 4.78 is 4.02. The fraction of sp³-hybridized carbons (Fsp3) is 0.389. The minimum atomic E-state index is -0.0902. The van der Waals surface area contributed by atoms with Gasteiger partial charge in [-0.1, -0.05) is 25.1 Å². The maximum atomic E-state index is 12.6. The number of aromatic nitrogens is 6. The van der Waals surface area contributed by atoms with Gasteiger partial charge in [0, 0.05) is 70.0 Å². The van der Waals surface area contributed by atoms with Crippen molar-refractivity contribution in [2.24, 2.45) is 5.92 Å². The molecule has 3 aliphatic rings. The first kappa shape index (κ1) is 31.0. The van der Waals surface area contributed by atoms with E-state index in [1.165, 1.54) is 5.69 Å². The van der Waals surface area contributed by atoms with Crippen LogP contribution in [0.5, 0.6) is 0 Å². The molecule has 2 amide bonds. The van der Waals surface area contributed by atoms with Crippen LogP contribution in [0.3, 0.4) is 0 Å². The number of likely N-dealkylation sites (tertiary alicyclic amines) is 1. The van der Waals surface area contributed by atoms with E-state index in [-0.39, 0.29) is 29.8 Å². The molecule has 1 saturated carbocycles. The topological polar surface area (TPSA) is 129 Å². The van der Waals surface area contributed by atoms with Crippen LogP contribution in [0.2, 0.25) is 0 Å². The van der Waals surface area contributed by atoms with Crippen LogP contribution in [-0.4, -0.2) is 85.2 Å². The van der Waals surface area contributed by atoms with Gasteiger partial charge in [0.2, 0.25) is 5.91 Å². The van der Waals surface area contributed by atoms with Crippen LogP contribution in [0.15, 0.2) is 54.7 Å². The Balaban J connectivity index is 1.07. The molecule has 13 heteroatoms. The Morgan fingerprint density at radius 1 is 1.02 bits per heavy atom. The maximum Gasteiger partial charge on any atom is 0.271 e. The van der Waals surface area contributed by atoms with Crippen LogP contribution in [0, 0.1) is 12.8 Å². The molecule has 1 saturated heterocycles. The molecule has 0 bridgehead atoms. The summed E-state index contributed by atoms with van der Waals surface area (Å²) in [6.07, 6.45) is 4.78. The van der Waals surface area contributed by atoms with E-state index in [1.807, 2.05) is 37.4 Å². The summed E-state index contributed by atoms with van der Waals surface area (Å²) in [4.78, 5) is 40.6. The summed E-state index contributed by atoms with van der Waals surface area (Å²) >= 11 is 0. The van der Waals surface area contributed by atoms with Crippen molar-refractivity contribution in [2.75, 3.05) is 49.8 Å².